The summed E-state index contributed by atoms with van der Waals surface area (Å²) in [6.07, 6.45) is 3.06. The third kappa shape index (κ3) is 5.67. The molecule has 0 bridgehead atoms. The van der Waals surface area contributed by atoms with Gasteiger partial charge < -0.3 is 15.4 Å². The Balaban J connectivity index is 2.10. The van der Waals surface area contributed by atoms with Crippen molar-refractivity contribution in [3.63, 3.8) is 0 Å². The minimum atomic E-state index is -0.536. The summed E-state index contributed by atoms with van der Waals surface area (Å²) >= 11 is 0. The van der Waals surface area contributed by atoms with Gasteiger partial charge in [-0.15, -0.1) is 0 Å². The van der Waals surface area contributed by atoms with E-state index >= 15 is 0 Å². The van der Waals surface area contributed by atoms with E-state index in [1.54, 1.807) is 42.5 Å². The van der Waals surface area contributed by atoms with Gasteiger partial charge in [0.1, 0.15) is 0 Å². The van der Waals surface area contributed by atoms with Crippen LogP contribution in [0, 0.1) is 0 Å². The topological polar surface area (TPSA) is 84.5 Å². The molecule has 2 aromatic rings. The van der Waals surface area contributed by atoms with Crippen LogP contribution < -0.4 is 10.6 Å². The van der Waals surface area contributed by atoms with Gasteiger partial charge in [-0.1, -0.05) is 38.0 Å². The number of carbonyl (C=O) groups is 3. The number of ether oxygens (including phenoxy) is 1. The molecule has 0 aliphatic heterocycles. The predicted octanol–water partition coefficient (Wildman–Crippen LogP) is 3.65. The van der Waals surface area contributed by atoms with Gasteiger partial charge in [0.25, 0.3) is 11.8 Å². The van der Waals surface area contributed by atoms with Gasteiger partial charge in [-0.25, -0.2) is 4.79 Å². The second-order valence-electron chi connectivity index (χ2n) is 6.04. The molecule has 0 heterocycles. The third-order valence-electron chi connectivity index (χ3n) is 4.03. The highest BCUT2D eigenvalue weighted by atomic mass is 16.5. The highest BCUT2D eigenvalue weighted by molar-refractivity contribution is 6.09. The molecule has 0 aliphatic rings. The first kappa shape index (κ1) is 20.2. The number of amides is 2. The lowest BCUT2D eigenvalue weighted by molar-refractivity contribution is 0.0601. The highest BCUT2D eigenvalue weighted by Gasteiger charge is 2.15. The average Bonchev–Trinajstić information content (AvgIpc) is 2.71. The van der Waals surface area contributed by atoms with Crippen LogP contribution in [-0.4, -0.2) is 31.4 Å². The Labute approximate surface area is 158 Å². The number of benzene rings is 2. The van der Waals surface area contributed by atoms with Crippen LogP contribution in [0.1, 0.15) is 57.3 Å². The molecule has 2 N–H and O–H groups in total. The number of anilines is 1. The molecule has 0 aromatic heterocycles. The first-order valence-corrected chi connectivity index (χ1v) is 8.93. The third-order valence-corrected chi connectivity index (χ3v) is 4.03. The van der Waals surface area contributed by atoms with Gasteiger partial charge >= 0.3 is 5.97 Å². The van der Waals surface area contributed by atoms with Crippen LogP contribution in [0.3, 0.4) is 0 Å². The van der Waals surface area contributed by atoms with Crippen molar-refractivity contribution < 1.29 is 19.1 Å². The summed E-state index contributed by atoms with van der Waals surface area (Å²) in [5.41, 5.74) is 1.36. The number of esters is 1. The normalized spacial score (nSPS) is 10.1. The number of nitrogens with one attached hydrogen (secondary N) is 2. The van der Waals surface area contributed by atoms with Crippen LogP contribution in [0.4, 0.5) is 5.69 Å². The summed E-state index contributed by atoms with van der Waals surface area (Å²) in [5.74, 6) is -1.16. The Morgan fingerprint density at radius 3 is 2.33 bits per heavy atom. The molecule has 6 heteroatoms. The molecule has 0 saturated heterocycles. The zero-order valence-electron chi connectivity index (χ0n) is 15.6. The van der Waals surface area contributed by atoms with Crippen LogP contribution in [0.5, 0.6) is 0 Å². The summed E-state index contributed by atoms with van der Waals surface area (Å²) in [4.78, 5) is 36.6. The van der Waals surface area contributed by atoms with Crippen LogP contribution in [-0.2, 0) is 4.74 Å². The van der Waals surface area contributed by atoms with E-state index < -0.39 is 11.9 Å². The first-order chi connectivity index (χ1) is 13.1. The lowest BCUT2D eigenvalue weighted by Crippen LogP contribution is -2.25. The monoisotopic (exact) mass is 368 g/mol. The quantitative estimate of drug-likeness (QED) is 0.550. The van der Waals surface area contributed by atoms with Gasteiger partial charge in [-0.05, 0) is 36.8 Å². The molecule has 2 amide bonds. The standard InChI is InChI=1S/C21H24N2O4/c1-3-4-7-13-22-19(24)15-9-8-10-16(14-15)20(25)23-18-12-6-5-11-17(18)21(26)27-2/h5-6,8-12,14H,3-4,7,13H2,1-2H3,(H,22,24)(H,23,25). The Morgan fingerprint density at radius 1 is 0.926 bits per heavy atom. The van der Waals surface area contributed by atoms with Crippen molar-refractivity contribution >= 4 is 23.5 Å². The zero-order valence-corrected chi connectivity index (χ0v) is 15.6. The van der Waals surface area contributed by atoms with Crippen LogP contribution >= 0.6 is 0 Å². The molecule has 0 fully saturated rings. The van der Waals surface area contributed by atoms with Crippen molar-refractivity contribution in [2.45, 2.75) is 26.2 Å². The number of unbranched alkanes of at least 4 members (excludes halogenated alkanes) is 2. The van der Waals surface area contributed by atoms with Gasteiger partial charge in [-0.2, -0.15) is 0 Å². The number of rotatable bonds is 8. The minimum absolute atomic E-state index is 0.212. The lowest BCUT2D eigenvalue weighted by Gasteiger charge is -2.10. The molecular weight excluding hydrogens is 344 g/mol. The van der Waals surface area contributed by atoms with Crippen molar-refractivity contribution in [3.05, 3.63) is 65.2 Å². The fourth-order valence-corrected chi connectivity index (χ4v) is 2.56. The Bertz CT molecular complexity index is 817. The highest BCUT2D eigenvalue weighted by Crippen LogP contribution is 2.17. The number of hydrogen-bond acceptors (Lipinski definition) is 4. The summed E-state index contributed by atoms with van der Waals surface area (Å²) in [5, 5.41) is 5.55. The average molecular weight is 368 g/mol. The summed E-state index contributed by atoms with van der Waals surface area (Å²) in [6.45, 7) is 2.71. The van der Waals surface area contributed by atoms with Crippen molar-refractivity contribution in [2.24, 2.45) is 0 Å². The molecule has 27 heavy (non-hydrogen) atoms. The largest absolute Gasteiger partial charge is 0.465 e. The van der Waals surface area contributed by atoms with Crippen LogP contribution in [0.25, 0.3) is 0 Å². The van der Waals surface area contributed by atoms with Gasteiger partial charge in [0.15, 0.2) is 0 Å². The molecule has 0 spiro atoms. The molecule has 0 radical (unpaired) electrons. The maximum Gasteiger partial charge on any atom is 0.339 e. The molecule has 6 nitrogen and oxygen atoms in total. The van der Waals surface area contributed by atoms with Crippen LogP contribution in [0.15, 0.2) is 48.5 Å². The van der Waals surface area contributed by atoms with E-state index in [4.69, 9.17) is 4.74 Å². The van der Waals surface area contributed by atoms with Crippen molar-refractivity contribution in [1.29, 1.82) is 0 Å². The number of carbonyl (C=O) groups excluding carboxylic acids is 3. The fraction of sp³-hybridized carbons (Fsp3) is 0.286. The molecule has 2 rings (SSSR count). The summed E-state index contributed by atoms with van der Waals surface area (Å²) < 4.78 is 4.73. The Kier molecular flexibility index (Phi) is 7.55. The van der Waals surface area contributed by atoms with Crippen LogP contribution in [0.2, 0.25) is 0 Å². The molecule has 0 saturated carbocycles. The summed E-state index contributed by atoms with van der Waals surface area (Å²) in [7, 11) is 1.28. The molecular formula is C21H24N2O4. The van der Waals surface area contributed by atoms with Crippen molar-refractivity contribution in [2.75, 3.05) is 19.0 Å². The Morgan fingerprint density at radius 2 is 1.63 bits per heavy atom. The molecule has 0 aliphatic carbocycles. The predicted molar refractivity (Wildman–Crippen MR) is 104 cm³/mol. The second-order valence-corrected chi connectivity index (χ2v) is 6.04. The first-order valence-electron chi connectivity index (χ1n) is 8.93. The molecule has 0 atom stereocenters. The zero-order chi connectivity index (χ0) is 19.6. The van der Waals surface area contributed by atoms with Crippen molar-refractivity contribution in [3.8, 4) is 0 Å². The van der Waals surface area contributed by atoms with E-state index in [-0.39, 0.29) is 11.5 Å². The molecule has 142 valence electrons. The van der Waals surface area contributed by atoms with E-state index in [9.17, 15) is 14.4 Å². The fourth-order valence-electron chi connectivity index (χ4n) is 2.56. The Hall–Kier alpha value is -3.15. The maximum absolute atomic E-state index is 12.6. The lowest BCUT2D eigenvalue weighted by atomic mass is 10.1. The molecule has 0 unspecified atom stereocenters. The molecule has 2 aromatic carbocycles. The van der Waals surface area contributed by atoms with E-state index in [1.807, 2.05) is 0 Å². The van der Waals surface area contributed by atoms with E-state index in [0.29, 0.717) is 23.4 Å². The van der Waals surface area contributed by atoms with Gasteiger partial charge in [0.05, 0.1) is 18.4 Å². The van der Waals surface area contributed by atoms with E-state index in [0.717, 1.165) is 19.3 Å². The van der Waals surface area contributed by atoms with Gasteiger partial charge in [-0.3, -0.25) is 9.59 Å². The number of para-hydroxylation sites is 1. The van der Waals surface area contributed by atoms with Gasteiger partial charge in [0, 0.05) is 17.7 Å². The van der Waals surface area contributed by atoms with Gasteiger partial charge in [0.2, 0.25) is 0 Å². The van der Waals surface area contributed by atoms with Crippen molar-refractivity contribution in [1.82, 2.24) is 5.32 Å². The number of methoxy groups -OCH3 is 1. The van der Waals surface area contributed by atoms with E-state index in [1.165, 1.54) is 13.2 Å². The smallest absolute Gasteiger partial charge is 0.339 e. The summed E-state index contributed by atoms with van der Waals surface area (Å²) in [6, 6.07) is 13.1. The maximum atomic E-state index is 12.6. The second kappa shape index (κ2) is 10.1. The SMILES string of the molecule is CCCCCNC(=O)c1cccc(C(=O)Nc2ccccc2C(=O)OC)c1. The van der Waals surface area contributed by atoms with E-state index in [2.05, 4.69) is 17.6 Å². The minimum Gasteiger partial charge on any atom is -0.465 e. The number of hydrogen-bond donors (Lipinski definition) is 2.